The third-order valence-corrected chi connectivity index (χ3v) is 5.41. The zero-order chi connectivity index (χ0) is 14.7. The summed E-state index contributed by atoms with van der Waals surface area (Å²) in [5, 5.41) is 0. The summed E-state index contributed by atoms with van der Waals surface area (Å²) in [5.74, 6) is 0.275. The van der Waals surface area contributed by atoms with Gasteiger partial charge < -0.3 is 4.90 Å². The molecule has 4 nitrogen and oxygen atoms in total. The highest BCUT2D eigenvalue weighted by atomic mass is 32.2. The van der Waals surface area contributed by atoms with E-state index in [9.17, 15) is 8.42 Å². The molecule has 0 bridgehead atoms. The molecule has 1 saturated heterocycles. The molecule has 0 unspecified atom stereocenters. The van der Waals surface area contributed by atoms with E-state index in [-0.39, 0.29) is 5.75 Å². The van der Waals surface area contributed by atoms with Gasteiger partial charge in [0.15, 0.2) is 0 Å². The van der Waals surface area contributed by atoms with Crippen molar-refractivity contribution in [2.75, 3.05) is 31.9 Å². The Balaban J connectivity index is 1.98. The van der Waals surface area contributed by atoms with Gasteiger partial charge >= 0.3 is 0 Å². The molecule has 120 valence electrons. The molecule has 0 saturated carbocycles. The van der Waals surface area contributed by atoms with E-state index < -0.39 is 10.0 Å². The lowest BCUT2D eigenvalue weighted by Crippen LogP contribution is -2.28. The van der Waals surface area contributed by atoms with Gasteiger partial charge in [-0.1, -0.05) is 32.6 Å². The number of hydrogen-bond acceptors (Lipinski definition) is 3. The molecule has 0 aromatic rings. The van der Waals surface area contributed by atoms with Crippen LogP contribution in [-0.4, -0.2) is 45.2 Å². The third-order valence-electron chi connectivity index (χ3n) is 3.94. The molecule has 1 N–H and O–H groups in total. The molecular weight excluding hydrogens is 272 g/mol. The highest BCUT2D eigenvalue weighted by Crippen LogP contribution is 2.10. The van der Waals surface area contributed by atoms with E-state index >= 15 is 0 Å². The molecule has 0 aliphatic carbocycles. The second-order valence-electron chi connectivity index (χ2n) is 5.88. The minimum absolute atomic E-state index is 0.275. The van der Waals surface area contributed by atoms with Crippen molar-refractivity contribution in [2.24, 2.45) is 0 Å². The molecule has 0 spiro atoms. The number of rotatable bonds is 10. The summed E-state index contributed by atoms with van der Waals surface area (Å²) in [5.41, 5.74) is 0. The van der Waals surface area contributed by atoms with Crippen LogP contribution in [0.25, 0.3) is 0 Å². The first-order chi connectivity index (χ1) is 9.64. The average Bonchev–Trinajstić information content (AvgIpc) is 2.69. The van der Waals surface area contributed by atoms with Gasteiger partial charge in [0, 0.05) is 6.54 Å². The molecule has 1 rings (SSSR count). The number of nitrogens with one attached hydrogen (secondary N) is 1. The first-order valence-corrected chi connectivity index (χ1v) is 9.99. The second kappa shape index (κ2) is 10.6. The summed E-state index contributed by atoms with van der Waals surface area (Å²) in [7, 11) is -3.02. The van der Waals surface area contributed by atoms with Crippen molar-refractivity contribution in [2.45, 2.75) is 64.7 Å². The Labute approximate surface area is 125 Å². The number of likely N-dealkylation sites (tertiary alicyclic amines) is 1. The van der Waals surface area contributed by atoms with E-state index in [1.165, 1.54) is 51.7 Å². The maximum absolute atomic E-state index is 11.6. The van der Waals surface area contributed by atoms with Crippen molar-refractivity contribution in [3.63, 3.8) is 0 Å². The predicted molar refractivity (Wildman–Crippen MR) is 85.5 cm³/mol. The van der Waals surface area contributed by atoms with Crippen LogP contribution >= 0.6 is 0 Å². The van der Waals surface area contributed by atoms with Crippen LogP contribution in [0.1, 0.15) is 64.7 Å². The van der Waals surface area contributed by atoms with E-state index in [2.05, 4.69) is 9.62 Å². The Morgan fingerprint density at radius 1 is 0.950 bits per heavy atom. The number of hydrogen-bond donors (Lipinski definition) is 1. The number of sulfonamides is 1. The van der Waals surface area contributed by atoms with Gasteiger partial charge in [-0.05, 0) is 51.7 Å². The largest absolute Gasteiger partial charge is 0.303 e. The molecule has 0 amide bonds. The monoisotopic (exact) mass is 304 g/mol. The van der Waals surface area contributed by atoms with Gasteiger partial charge in [0.2, 0.25) is 10.0 Å². The van der Waals surface area contributed by atoms with Gasteiger partial charge in [-0.3, -0.25) is 0 Å². The second-order valence-corrected chi connectivity index (χ2v) is 7.81. The Morgan fingerprint density at radius 3 is 2.30 bits per heavy atom. The lowest BCUT2D eigenvalue weighted by Gasteiger charge is -2.19. The minimum atomic E-state index is -3.02. The Morgan fingerprint density at radius 2 is 1.65 bits per heavy atom. The number of nitrogens with zero attached hydrogens (tertiary/aromatic N) is 1. The fourth-order valence-corrected chi connectivity index (χ4v) is 3.90. The van der Waals surface area contributed by atoms with Gasteiger partial charge in [-0.15, -0.1) is 0 Å². The maximum Gasteiger partial charge on any atom is 0.211 e. The van der Waals surface area contributed by atoms with E-state index in [0.29, 0.717) is 6.54 Å². The standard InChI is InChI=1S/C15H32N2O2S/c1-2-3-15-20(18,19)16-11-7-6-10-14-17-12-8-4-5-9-13-17/h16H,2-15H2,1H3. The van der Waals surface area contributed by atoms with Crippen molar-refractivity contribution < 1.29 is 8.42 Å². The normalized spacial score (nSPS) is 18.1. The summed E-state index contributed by atoms with van der Waals surface area (Å²) in [6, 6.07) is 0. The molecule has 0 aromatic heterocycles. The molecule has 20 heavy (non-hydrogen) atoms. The topological polar surface area (TPSA) is 49.4 Å². The van der Waals surface area contributed by atoms with Crippen LogP contribution in [0.4, 0.5) is 0 Å². The smallest absolute Gasteiger partial charge is 0.211 e. The molecule has 0 radical (unpaired) electrons. The Kier molecular flexibility index (Phi) is 9.48. The van der Waals surface area contributed by atoms with Crippen LogP contribution in [-0.2, 0) is 10.0 Å². The summed E-state index contributed by atoms with van der Waals surface area (Å²) in [6.45, 7) is 6.31. The third kappa shape index (κ3) is 8.93. The first-order valence-electron chi connectivity index (χ1n) is 8.34. The van der Waals surface area contributed by atoms with Crippen molar-refractivity contribution in [1.82, 2.24) is 9.62 Å². The SMILES string of the molecule is CCCCS(=O)(=O)NCCCCCN1CCCCCC1. The summed E-state index contributed by atoms with van der Waals surface area (Å²) in [4.78, 5) is 2.57. The highest BCUT2D eigenvalue weighted by molar-refractivity contribution is 7.89. The van der Waals surface area contributed by atoms with E-state index in [4.69, 9.17) is 0 Å². The van der Waals surface area contributed by atoms with Crippen LogP contribution in [0.5, 0.6) is 0 Å². The quantitative estimate of drug-likeness (QED) is 0.631. The average molecular weight is 305 g/mol. The van der Waals surface area contributed by atoms with Crippen LogP contribution in [0, 0.1) is 0 Å². The summed E-state index contributed by atoms with van der Waals surface area (Å²) >= 11 is 0. The predicted octanol–water partition coefficient (Wildman–Crippen LogP) is 2.75. The summed E-state index contributed by atoms with van der Waals surface area (Å²) in [6.07, 6.45) is 10.4. The fraction of sp³-hybridized carbons (Fsp3) is 1.00. The van der Waals surface area contributed by atoms with Gasteiger partial charge in [0.1, 0.15) is 0 Å². The van der Waals surface area contributed by atoms with Crippen LogP contribution in [0.2, 0.25) is 0 Å². The molecule has 1 aliphatic rings. The minimum Gasteiger partial charge on any atom is -0.303 e. The van der Waals surface area contributed by atoms with Gasteiger partial charge in [0.05, 0.1) is 5.75 Å². The lowest BCUT2D eigenvalue weighted by molar-refractivity contribution is 0.278. The van der Waals surface area contributed by atoms with Gasteiger partial charge in [0.25, 0.3) is 0 Å². The molecule has 0 aromatic carbocycles. The highest BCUT2D eigenvalue weighted by Gasteiger charge is 2.09. The van der Waals surface area contributed by atoms with Crippen molar-refractivity contribution in [3.05, 3.63) is 0 Å². The maximum atomic E-state index is 11.6. The van der Waals surface area contributed by atoms with Crippen molar-refractivity contribution in [1.29, 1.82) is 0 Å². The van der Waals surface area contributed by atoms with Gasteiger partial charge in [-0.2, -0.15) is 0 Å². The Hall–Kier alpha value is -0.130. The molecular formula is C15H32N2O2S. The molecule has 1 fully saturated rings. The Bertz CT molecular complexity index is 323. The van der Waals surface area contributed by atoms with E-state index in [1.54, 1.807) is 0 Å². The van der Waals surface area contributed by atoms with Gasteiger partial charge in [-0.25, -0.2) is 13.1 Å². The lowest BCUT2D eigenvalue weighted by atomic mass is 10.2. The van der Waals surface area contributed by atoms with Crippen LogP contribution in [0.15, 0.2) is 0 Å². The van der Waals surface area contributed by atoms with E-state index in [1.807, 2.05) is 6.92 Å². The number of unbranched alkanes of at least 4 members (excludes halogenated alkanes) is 3. The van der Waals surface area contributed by atoms with Crippen molar-refractivity contribution in [3.8, 4) is 0 Å². The zero-order valence-electron chi connectivity index (χ0n) is 13.1. The zero-order valence-corrected chi connectivity index (χ0v) is 13.9. The van der Waals surface area contributed by atoms with Crippen molar-refractivity contribution >= 4 is 10.0 Å². The molecule has 1 heterocycles. The fourth-order valence-electron chi connectivity index (χ4n) is 2.63. The molecule has 5 heteroatoms. The summed E-state index contributed by atoms with van der Waals surface area (Å²) < 4.78 is 25.9. The molecule has 1 aliphatic heterocycles. The van der Waals surface area contributed by atoms with E-state index in [0.717, 1.165) is 25.7 Å². The molecule has 0 atom stereocenters. The van der Waals surface area contributed by atoms with Crippen LogP contribution in [0.3, 0.4) is 0 Å². The first kappa shape index (κ1) is 17.9. The van der Waals surface area contributed by atoms with Crippen LogP contribution < -0.4 is 4.72 Å².